The number of hydrogen-bond acceptors (Lipinski definition) is 7. The molecule has 2 heterocycles. The predicted octanol–water partition coefficient (Wildman–Crippen LogP) is 1.08. The highest BCUT2D eigenvalue weighted by molar-refractivity contribution is 8.22. The minimum absolute atomic E-state index is 0.0955. The molecule has 142 valence electrons. The van der Waals surface area contributed by atoms with E-state index in [1.165, 1.54) is 0 Å². The van der Waals surface area contributed by atoms with Crippen molar-refractivity contribution in [3.8, 4) is 0 Å². The lowest BCUT2D eigenvalue weighted by Crippen LogP contribution is -2.48. The van der Waals surface area contributed by atoms with Gasteiger partial charge in [-0.1, -0.05) is 12.1 Å². The number of carbonyl (C=O) groups is 1. The highest BCUT2D eigenvalue weighted by Crippen LogP contribution is 2.54. The number of hydrogen-bond donors (Lipinski definition) is 4. The molecule has 0 saturated carbocycles. The van der Waals surface area contributed by atoms with E-state index >= 15 is 0 Å². The van der Waals surface area contributed by atoms with Gasteiger partial charge in [0.15, 0.2) is 0 Å². The van der Waals surface area contributed by atoms with Crippen molar-refractivity contribution in [1.29, 1.82) is 0 Å². The highest BCUT2D eigenvalue weighted by Gasteiger charge is 2.30. The maximum absolute atomic E-state index is 12.3. The van der Waals surface area contributed by atoms with Gasteiger partial charge in [-0.15, -0.1) is 10.8 Å². The van der Waals surface area contributed by atoms with Crippen LogP contribution in [-0.4, -0.2) is 68.0 Å². The van der Waals surface area contributed by atoms with Gasteiger partial charge in [0.2, 0.25) is 5.91 Å². The third-order valence-electron chi connectivity index (χ3n) is 4.63. The van der Waals surface area contributed by atoms with Crippen LogP contribution in [0.1, 0.15) is 6.42 Å². The van der Waals surface area contributed by atoms with Crippen LogP contribution in [0.15, 0.2) is 41.6 Å². The molecule has 1 amide bonds. The Morgan fingerprint density at radius 3 is 2.81 bits per heavy atom. The maximum Gasteiger partial charge on any atom is 0.240 e. The predicted molar refractivity (Wildman–Crippen MR) is 103 cm³/mol. The molecule has 26 heavy (non-hydrogen) atoms. The number of rotatable bonds is 4. The summed E-state index contributed by atoms with van der Waals surface area (Å²) in [4.78, 5) is 18.5. The van der Waals surface area contributed by atoms with Crippen LogP contribution in [-0.2, 0) is 4.79 Å². The Labute approximate surface area is 154 Å². The second kappa shape index (κ2) is 7.87. The smallest absolute Gasteiger partial charge is 0.240 e. The fraction of sp³-hybridized carbons (Fsp3) is 0.412. The van der Waals surface area contributed by atoms with Gasteiger partial charge in [0.25, 0.3) is 0 Å². The molecule has 8 nitrogen and oxygen atoms in total. The zero-order chi connectivity index (χ0) is 18.7. The number of pyridine rings is 1. The summed E-state index contributed by atoms with van der Waals surface area (Å²) in [6.45, 7) is 1.84. The Balaban J connectivity index is 1.82. The summed E-state index contributed by atoms with van der Waals surface area (Å²) in [7, 11) is -3.18. The second-order valence-corrected chi connectivity index (χ2v) is 8.32. The molecule has 1 atom stereocenters. The molecule has 6 N–H and O–H groups in total. The summed E-state index contributed by atoms with van der Waals surface area (Å²) in [6.07, 6.45) is 3.97. The zero-order valence-electron chi connectivity index (χ0n) is 14.5. The lowest BCUT2D eigenvalue weighted by molar-refractivity contribution is -0.132. The maximum atomic E-state index is 12.3. The summed E-state index contributed by atoms with van der Waals surface area (Å²) in [6, 6.07) is 6.48. The first-order valence-corrected chi connectivity index (χ1v) is 10.1. The monoisotopic (exact) mass is 379 g/mol. The van der Waals surface area contributed by atoms with Gasteiger partial charge in [0, 0.05) is 55.9 Å². The zero-order valence-corrected chi connectivity index (χ0v) is 15.3. The molecule has 1 aliphatic heterocycles. The Morgan fingerprint density at radius 2 is 2.04 bits per heavy atom. The van der Waals surface area contributed by atoms with Crippen molar-refractivity contribution in [2.24, 2.45) is 11.5 Å². The van der Waals surface area contributed by atoms with E-state index in [1.54, 1.807) is 39.8 Å². The number of amides is 1. The molecule has 0 aliphatic carbocycles. The van der Waals surface area contributed by atoms with Crippen LogP contribution in [0.2, 0.25) is 0 Å². The number of carbonyl (C=O) groups excluding carboxylic acids is 1. The summed E-state index contributed by atoms with van der Waals surface area (Å²) < 4.78 is 23.7. The second-order valence-electron chi connectivity index (χ2n) is 6.32. The van der Waals surface area contributed by atoms with Gasteiger partial charge in [-0.2, -0.15) is 0 Å². The average Bonchev–Trinajstić information content (AvgIpc) is 2.93. The summed E-state index contributed by atoms with van der Waals surface area (Å²) in [5.74, 6) is -0.193. The first-order chi connectivity index (χ1) is 12.4. The minimum atomic E-state index is -3.18. The van der Waals surface area contributed by atoms with Gasteiger partial charge in [0.1, 0.15) is 0 Å². The van der Waals surface area contributed by atoms with Crippen LogP contribution in [0.4, 0.5) is 0 Å². The molecule has 1 fully saturated rings. The van der Waals surface area contributed by atoms with E-state index in [-0.39, 0.29) is 12.5 Å². The van der Waals surface area contributed by atoms with Crippen LogP contribution in [0.3, 0.4) is 0 Å². The molecule has 1 aromatic carbocycles. The first-order valence-electron chi connectivity index (χ1n) is 8.55. The summed E-state index contributed by atoms with van der Waals surface area (Å²) in [5.41, 5.74) is 11.2. The lowest BCUT2D eigenvalue weighted by atomic mass is 10.2. The van der Waals surface area contributed by atoms with Crippen molar-refractivity contribution in [3.63, 3.8) is 0 Å². The molecule has 1 saturated heterocycles. The Hall–Kier alpha value is -1.75. The van der Waals surface area contributed by atoms with Gasteiger partial charge in [-0.05, 0) is 18.6 Å². The molecule has 1 aliphatic rings. The van der Waals surface area contributed by atoms with E-state index in [0.29, 0.717) is 37.5 Å². The van der Waals surface area contributed by atoms with Crippen molar-refractivity contribution < 1.29 is 13.9 Å². The van der Waals surface area contributed by atoms with E-state index in [4.69, 9.17) is 11.5 Å². The van der Waals surface area contributed by atoms with Crippen LogP contribution in [0.5, 0.6) is 0 Å². The van der Waals surface area contributed by atoms with Crippen molar-refractivity contribution in [1.82, 2.24) is 14.2 Å². The summed E-state index contributed by atoms with van der Waals surface area (Å²) >= 11 is 0. The van der Waals surface area contributed by atoms with E-state index < -0.39 is 16.8 Å². The lowest BCUT2D eigenvalue weighted by Gasteiger charge is -2.43. The van der Waals surface area contributed by atoms with Crippen molar-refractivity contribution >= 4 is 27.5 Å². The SMILES string of the molecule is NC[C@@H](N)C(=O)N1CCCN(S(O)(O)c2cccc3cnccc23)CC1. The Kier molecular flexibility index (Phi) is 5.76. The van der Waals surface area contributed by atoms with Crippen LogP contribution in [0, 0.1) is 0 Å². The minimum Gasteiger partial charge on any atom is -0.340 e. The van der Waals surface area contributed by atoms with Crippen molar-refractivity contribution in [2.75, 3.05) is 32.7 Å². The number of nitrogens with two attached hydrogens (primary N) is 2. The average molecular weight is 379 g/mol. The molecule has 9 heteroatoms. The van der Waals surface area contributed by atoms with E-state index in [2.05, 4.69) is 4.98 Å². The molecule has 0 radical (unpaired) electrons. The molecule has 0 unspecified atom stereocenters. The largest absolute Gasteiger partial charge is 0.340 e. The standard InChI is InChI=1S/C17H25N5O3S/c18-11-15(19)17(23)21-7-2-8-22(10-9-21)26(24,25)16-4-1-3-13-12-20-6-5-14(13)16/h1,3-6,12,15,24-25H,2,7-11,18-19H2/t15-/m1/s1. The Bertz CT molecular complexity index is 783. The van der Waals surface area contributed by atoms with Crippen LogP contribution in [0.25, 0.3) is 10.8 Å². The van der Waals surface area contributed by atoms with Gasteiger partial charge in [0.05, 0.1) is 10.9 Å². The molecule has 3 rings (SSSR count). The fourth-order valence-corrected chi connectivity index (χ4v) is 4.91. The van der Waals surface area contributed by atoms with Crippen molar-refractivity contribution in [2.45, 2.75) is 17.4 Å². The van der Waals surface area contributed by atoms with Gasteiger partial charge in [-0.3, -0.25) is 18.9 Å². The first kappa shape index (κ1) is 19.0. The number of benzene rings is 1. The summed E-state index contributed by atoms with van der Waals surface area (Å²) in [5, 5.41) is 1.62. The topological polar surface area (TPSA) is 129 Å². The van der Waals surface area contributed by atoms with Crippen LogP contribution < -0.4 is 11.5 Å². The highest BCUT2D eigenvalue weighted by atomic mass is 32.3. The fourth-order valence-electron chi connectivity index (χ4n) is 3.17. The van der Waals surface area contributed by atoms with Crippen LogP contribution >= 0.6 is 10.8 Å². The quantitative estimate of drug-likeness (QED) is 0.625. The van der Waals surface area contributed by atoms with E-state index in [9.17, 15) is 13.9 Å². The van der Waals surface area contributed by atoms with Gasteiger partial charge < -0.3 is 16.4 Å². The molecular weight excluding hydrogens is 354 g/mol. The molecule has 0 spiro atoms. The normalized spacial score (nSPS) is 18.5. The third kappa shape index (κ3) is 3.68. The molecular formula is C17H25N5O3S. The Morgan fingerprint density at radius 1 is 1.23 bits per heavy atom. The number of aromatic nitrogens is 1. The third-order valence-corrected chi connectivity index (χ3v) is 6.66. The van der Waals surface area contributed by atoms with E-state index in [1.807, 2.05) is 6.07 Å². The van der Waals surface area contributed by atoms with Gasteiger partial charge in [-0.25, -0.2) is 4.31 Å². The number of fused-ring (bicyclic) bond motifs is 1. The molecule has 1 aromatic heterocycles. The molecule has 0 bridgehead atoms. The van der Waals surface area contributed by atoms with Gasteiger partial charge >= 0.3 is 0 Å². The van der Waals surface area contributed by atoms with Crippen molar-refractivity contribution in [3.05, 3.63) is 36.7 Å². The number of nitrogens with zero attached hydrogens (tertiary/aromatic N) is 3. The molecule has 2 aromatic rings. The van der Waals surface area contributed by atoms with E-state index in [0.717, 1.165) is 10.8 Å².